The zero-order valence-electron chi connectivity index (χ0n) is 12.2. The number of benzene rings is 1. The Labute approximate surface area is 123 Å². The van der Waals surface area contributed by atoms with E-state index in [0.717, 1.165) is 28.7 Å². The van der Waals surface area contributed by atoms with Gasteiger partial charge in [0.05, 0.1) is 5.69 Å². The van der Waals surface area contributed by atoms with Crippen LogP contribution in [0, 0.1) is 0 Å². The number of aryl methyl sites for hydroxylation is 2. The molecular weight excluding hydrogens is 262 g/mol. The van der Waals surface area contributed by atoms with Crippen LogP contribution in [0.15, 0.2) is 47.3 Å². The number of hydrogen-bond donors (Lipinski definition) is 0. The normalized spacial score (nSPS) is 11.0. The molecule has 106 valence electrons. The van der Waals surface area contributed by atoms with Crippen molar-refractivity contribution in [3.8, 4) is 11.3 Å². The maximum Gasteiger partial charge on any atom is 0.349 e. The van der Waals surface area contributed by atoms with Crippen molar-refractivity contribution in [3.05, 3.63) is 58.6 Å². The molecule has 0 aliphatic heterocycles. The largest absolute Gasteiger partial charge is 0.349 e. The molecule has 0 N–H and O–H groups in total. The summed E-state index contributed by atoms with van der Waals surface area (Å²) in [5.74, 6) is 0. The third-order valence-corrected chi connectivity index (χ3v) is 3.61. The van der Waals surface area contributed by atoms with Crippen LogP contribution in [-0.2, 0) is 13.0 Å². The van der Waals surface area contributed by atoms with Gasteiger partial charge in [-0.1, -0.05) is 37.3 Å². The molecule has 2 aromatic heterocycles. The highest BCUT2D eigenvalue weighted by molar-refractivity contribution is 5.90. The fourth-order valence-electron chi connectivity index (χ4n) is 2.48. The zero-order chi connectivity index (χ0) is 14.8. The van der Waals surface area contributed by atoms with Crippen LogP contribution in [0.5, 0.6) is 0 Å². The lowest BCUT2D eigenvalue weighted by molar-refractivity contribution is 0.721. The first-order chi connectivity index (χ1) is 10.2. The summed E-state index contributed by atoms with van der Waals surface area (Å²) in [5.41, 5.74) is 3.10. The molecule has 0 fully saturated rings. The minimum Gasteiger partial charge on any atom is -0.276 e. The maximum atomic E-state index is 12.3. The topological polar surface area (TPSA) is 47.8 Å². The molecule has 4 nitrogen and oxygen atoms in total. The molecule has 1 aromatic carbocycles. The van der Waals surface area contributed by atoms with Gasteiger partial charge in [0.2, 0.25) is 0 Å². The molecule has 2 heterocycles. The quantitative estimate of drug-likeness (QED) is 0.740. The predicted octanol–water partition coefficient (Wildman–Crippen LogP) is 3.04. The Bertz CT molecular complexity index is 838. The van der Waals surface area contributed by atoms with E-state index in [1.54, 1.807) is 4.57 Å². The highest BCUT2D eigenvalue weighted by Gasteiger charge is 2.12. The summed E-state index contributed by atoms with van der Waals surface area (Å²) in [4.78, 5) is 21.2. The van der Waals surface area contributed by atoms with Gasteiger partial charge in [-0.2, -0.15) is 4.98 Å². The number of aromatic nitrogens is 3. The summed E-state index contributed by atoms with van der Waals surface area (Å²) in [6, 6.07) is 13.8. The van der Waals surface area contributed by atoms with Crippen LogP contribution in [0.2, 0.25) is 0 Å². The molecule has 0 saturated heterocycles. The summed E-state index contributed by atoms with van der Waals surface area (Å²) >= 11 is 0. The lowest BCUT2D eigenvalue weighted by atomic mass is 10.1. The first kappa shape index (κ1) is 13.5. The minimum absolute atomic E-state index is 0.246. The molecular formula is C17H17N3O. The highest BCUT2D eigenvalue weighted by atomic mass is 16.1. The van der Waals surface area contributed by atoms with Crippen molar-refractivity contribution in [2.24, 2.45) is 0 Å². The van der Waals surface area contributed by atoms with Gasteiger partial charge in [-0.3, -0.25) is 4.57 Å². The van der Waals surface area contributed by atoms with Crippen molar-refractivity contribution in [1.29, 1.82) is 0 Å². The number of hydrogen-bond acceptors (Lipinski definition) is 3. The molecule has 0 saturated carbocycles. The molecule has 4 heteroatoms. The Morgan fingerprint density at radius 1 is 1.00 bits per heavy atom. The number of nitrogens with zero attached hydrogens (tertiary/aromatic N) is 3. The standard InChI is InChI=1S/C17H17N3O/c1-3-13-10-11-14-15(12-8-6-5-7-9-12)19-17(21)20(4-2)16(14)18-13/h5-11H,3-4H2,1-2H3. The highest BCUT2D eigenvalue weighted by Crippen LogP contribution is 2.24. The molecule has 0 radical (unpaired) electrons. The summed E-state index contributed by atoms with van der Waals surface area (Å²) < 4.78 is 1.63. The first-order valence-corrected chi connectivity index (χ1v) is 7.20. The van der Waals surface area contributed by atoms with Gasteiger partial charge >= 0.3 is 5.69 Å². The summed E-state index contributed by atoms with van der Waals surface area (Å²) in [6.45, 7) is 4.56. The van der Waals surface area contributed by atoms with E-state index in [2.05, 4.69) is 16.9 Å². The third-order valence-electron chi connectivity index (χ3n) is 3.61. The Kier molecular flexibility index (Phi) is 3.52. The Morgan fingerprint density at radius 2 is 1.76 bits per heavy atom. The van der Waals surface area contributed by atoms with E-state index in [4.69, 9.17) is 0 Å². The van der Waals surface area contributed by atoms with E-state index in [1.807, 2.05) is 49.4 Å². The fraction of sp³-hybridized carbons (Fsp3) is 0.235. The van der Waals surface area contributed by atoms with Gasteiger partial charge < -0.3 is 0 Å². The van der Waals surface area contributed by atoms with E-state index in [0.29, 0.717) is 12.2 Å². The lowest BCUT2D eigenvalue weighted by Gasteiger charge is -2.11. The molecule has 3 aromatic rings. The smallest absolute Gasteiger partial charge is 0.276 e. The van der Waals surface area contributed by atoms with Crippen molar-refractivity contribution in [2.45, 2.75) is 26.8 Å². The van der Waals surface area contributed by atoms with Crippen molar-refractivity contribution >= 4 is 11.0 Å². The van der Waals surface area contributed by atoms with Gasteiger partial charge in [-0.05, 0) is 25.5 Å². The molecule has 0 spiro atoms. The van der Waals surface area contributed by atoms with Crippen LogP contribution in [0.3, 0.4) is 0 Å². The van der Waals surface area contributed by atoms with Crippen molar-refractivity contribution in [2.75, 3.05) is 0 Å². The zero-order valence-corrected chi connectivity index (χ0v) is 12.2. The van der Waals surface area contributed by atoms with Gasteiger partial charge in [0.1, 0.15) is 5.65 Å². The van der Waals surface area contributed by atoms with Crippen LogP contribution in [0.25, 0.3) is 22.3 Å². The van der Waals surface area contributed by atoms with Crippen LogP contribution < -0.4 is 5.69 Å². The van der Waals surface area contributed by atoms with Crippen molar-refractivity contribution in [1.82, 2.24) is 14.5 Å². The van der Waals surface area contributed by atoms with Gasteiger partial charge in [-0.15, -0.1) is 0 Å². The second-order valence-corrected chi connectivity index (χ2v) is 4.88. The van der Waals surface area contributed by atoms with Crippen LogP contribution in [0.1, 0.15) is 19.5 Å². The second kappa shape index (κ2) is 5.48. The van der Waals surface area contributed by atoms with Crippen LogP contribution in [-0.4, -0.2) is 14.5 Å². The Hall–Kier alpha value is -2.49. The Morgan fingerprint density at radius 3 is 2.43 bits per heavy atom. The van der Waals surface area contributed by atoms with E-state index in [1.165, 1.54) is 0 Å². The van der Waals surface area contributed by atoms with E-state index in [-0.39, 0.29) is 5.69 Å². The summed E-state index contributed by atoms with van der Waals surface area (Å²) in [6.07, 6.45) is 0.844. The van der Waals surface area contributed by atoms with Crippen molar-refractivity contribution in [3.63, 3.8) is 0 Å². The van der Waals surface area contributed by atoms with Gasteiger partial charge in [-0.25, -0.2) is 9.78 Å². The number of pyridine rings is 1. The van der Waals surface area contributed by atoms with Crippen molar-refractivity contribution < 1.29 is 0 Å². The number of rotatable bonds is 3. The Balaban J connectivity index is 2.40. The monoisotopic (exact) mass is 279 g/mol. The van der Waals surface area contributed by atoms with E-state index < -0.39 is 0 Å². The molecule has 3 rings (SSSR count). The average molecular weight is 279 g/mol. The molecule has 0 amide bonds. The molecule has 0 aliphatic rings. The average Bonchev–Trinajstić information content (AvgIpc) is 2.54. The number of fused-ring (bicyclic) bond motifs is 1. The summed E-state index contributed by atoms with van der Waals surface area (Å²) in [7, 11) is 0. The van der Waals surface area contributed by atoms with Gasteiger partial charge in [0, 0.05) is 23.2 Å². The predicted molar refractivity (Wildman–Crippen MR) is 84.3 cm³/mol. The van der Waals surface area contributed by atoms with Crippen LogP contribution >= 0.6 is 0 Å². The fourth-order valence-corrected chi connectivity index (χ4v) is 2.48. The molecule has 0 aliphatic carbocycles. The maximum absolute atomic E-state index is 12.3. The molecule has 0 atom stereocenters. The second-order valence-electron chi connectivity index (χ2n) is 4.88. The SMILES string of the molecule is CCc1ccc2c(-c3ccccc3)nc(=O)n(CC)c2n1. The molecule has 0 unspecified atom stereocenters. The van der Waals surface area contributed by atoms with E-state index in [9.17, 15) is 4.79 Å². The summed E-state index contributed by atoms with van der Waals surface area (Å²) in [5, 5.41) is 0.917. The minimum atomic E-state index is -0.246. The van der Waals surface area contributed by atoms with Crippen LogP contribution in [0.4, 0.5) is 0 Å². The molecule has 21 heavy (non-hydrogen) atoms. The van der Waals surface area contributed by atoms with Gasteiger partial charge in [0.25, 0.3) is 0 Å². The third kappa shape index (κ3) is 2.33. The first-order valence-electron chi connectivity index (χ1n) is 7.20. The van der Waals surface area contributed by atoms with E-state index >= 15 is 0 Å². The lowest BCUT2D eigenvalue weighted by Crippen LogP contribution is -2.24. The van der Waals surface area contributed by atoms with Gasteiger partial charge in [0.15, 0.2) is 0 Å². The molecule has 0 bridgehead atoms.